The smallest absolute Gasteiger partial charge is 0.343 e. The fraction of sp³-hybridized carbons (Fsp3) is 0.235. The molecule has 1 aliphatic rings. The van der Waals surface area contributed by atoms with Crippen LogP contribution in [0.3, 0.4) is 0 Å². The lowest BCUT2D eigenvalue weighted by molar-refractivity contribution is -0.142. The number of benzene rings is 1. The molecule has 7 nitrogen and oxygen atoms in total. The third kappa shape index (κ3) is 4.31. The number of amides is 2. The molecule has 1 saturated heterocycles. The largest absolute Gasteiger partial charge is 0.493 e. The molecule has 1 aliphatic heterocycles. The van der Waals surface area contributed by atoms with Crippen LogP contribution in [0.25, 0.3) is 6.08 Å². The number of imide groups is 1. The molecule has 1 aromatic carbocycles. The molecule has 0 unspecified atom stereocenters. The summed E-state index contributed by atoms with van der Waals surface area (Å²) in [4.78, 5) is 36.4. The third-order valence-electron chi connectivity index (χ3n) is 3.23. The van der Waals surface area contributed by atoms with E-state index in [2.05, 4.69) is 10.7 Å². The molecule has 1 heterocycles. The maximum Gasteiger partial charge on any atom is 0.343 e. The molecule has 2 amide bonds. The second-order valence-electron chi connectivity index (χ2n) is 4.87. The number of terminal acetylenes is 1. The fourth-order valence-corrected chi connectivity index (χ4v) is 3.14. The highest BCUT2D eigenvalue weighted by Gasteiger charge is 2.34. The SMILES string of the molecule is C#CCN1C(=O)SC(=Cc2cc(Cl)c(OCC(=O)OC)c(OC)c2)C1=O. The Morgan fingerprint density at radius 1 is 1.38 bits per heavy atom. The molecule has 1 aromatic rings. The highest BCUT2D eigenvalue weighted by molar-refractivity contribution is 8.18. The Morgan fingerprint density at radius 2 is 2.12 bits per heavy atom. The Kier molecular flexibility index (Phi) is 6.55. The van der Waals surface area contributed by atoms with E-state index < -0.39 is 17.1 Å². The van der Waals surface area contributed by atoms with Crippen LogP contribution in [0.1, 0.15) is 5.56 Å². The zero-order valence-electron chi connectivity index (χ0n) is 13.9. The summed E-state index contributed by atoms with van der Waals surface area (Å²) in [6.45, 7) is -0.427. The van der Waals surface area contributed by atoms with Crippen LogP contribution in [0.4, 0.5) is 4.79 Å². The van der Waals surface area contributed by atoms with E-state index in [0.29, 0.717) is 5.56 Å². The molecule has 26 heavy (non-hydrogen) atoms. The van der Waals surface area contributed by atoms with Gasteiger partial charge in [-0.15, -0.1) is 6.42 Å². The quantitative estimate of drug-likeness (QED) is 0.416. The number of thioether (sulfide) groups is 1. The average Bonchev–Trinajstić information content (AvgIpc) is 2.87. The summed E-state index contributed by atoms with van der Waals surface area (Å²) in [5, 5.41) is -0.266. The van der Waals surface area contributed by atoms with E-state index in [1.54, 1.807) is 6.07 Å². The molecule has 0 aromatic heterocycles. The lowest BCUT2D eigenvalue weighted by atomic mass is 10.1. The summed E-state index contributed by atoms with van der Waals surface area (Å²) >= 11 is 6.97. The molecular weight excluding hydrogens is 382 g/mol. The number of hydrogen-bond donors (Lipinski definition) is 0. The van der Waals surface area contributed by atoms with Crippen LogP contribution >= 0.6 is 23.4 Å². The molecule has 0 N–H and O–H groups in total. The lowest BCUT2D eigenvalue weighted by Crippen LogP contribution is -2.28. The number of carbonyl (C=O) groups is 3. The first-order valence-corrected chi connectivity index (χ1v) is 8.36. The third-order valence-corrected chi connectivity index (χ3v) is 4.42. The second kappa shape index (κ2) is 8.65. The second-order valence-corrected chi connectivity index (χ2v) is 6.27. The van der Waals surface area contributed by atoms with Crippen molar-refractivity contribution in [3.05, 3.63) is 27.6 Å². The van der Waals surface area contributed by atoms with Crippen LogP contribution in [0, 0.1) is 12.3 Å². The summed E-state index contributed by atoms with van der Waals surface area (Å²) in [6, 6.07) is 3.08. The van der Waals surface area contributed by atoms with Crippen LogP contribution in [-0.4, -0.2) is 49.4 Å². The highest BCUT2D eigenvalue weighted by Crippen LogP contribution is 2.38. The summed E-state index contributed by atoms with van der Waals surface area (Å²) in [5.41, 5.74) is 0.517. The fourth-order valence-electron chi connectivity index (χ4n) is 2.03. The predicted octanol–water partition coefficient (Wildman–Crippen LogP) is 2.57. The highest BCUT2D eigenvalue weighted by atomic mass is 35.5. The van der Waals surface area contributed by atoms with E-state index in [9.17, 15) is 14.4 Å². The van der Waals surface area contributed by atoms with Gasteiger partial charge in [-0.3, -0.25) is 14.5 Å². The minimum absolute atomic E-state index is 0.0909. The monoisotopic (exact) mass is 395 g/mol. The molecule has 0 bridgehead atoms. The van der Waals surface area contributed by atoms with Gasteiger partial charge < -0.3 is 14.2 Å². The summed E-state index contributed by atoms with van der Waals surface area (Å²) in [5.74, 6) is 1.64. The van der Waals surface area contributed by atoms with Gasteiger partial charge in [-0.1, -0.05) is 17.5 Å². The average molecular weight is 396 g/mol. The Balaban J connectivity index is 2.30. The molecule has 2 rings (SSSR count). The van der Waals surface area contributed by atoms with Crippen molar-refractivity contribution in [2.75, 3.05) is 27.4 Å². The van der Waals surface area contributed by atoms with Crippen molar-refractivity contribution in [2.45, 2.75) is 0 Å². The van der Waals surface area contributed by atoms with Crippen LogP contribution in [0.2, 0.25) is 5.02 Å². The predicted molar refractivity (Wildman–Crippen MR) is 97.0 cm³/mol. The van der Waals surface area contributed by atoms with Crippen molar-refractivity contribution in [3.63, 3.8) is 0 Å². The van der Waals surface area contributed by atoms with E-state index in [1.807, 2.05) is 0 Å². The van der Waals surface area contributed by atoms with Crippen molar-refractivity contribution in [2.24, 2.45) is 0 Å². The van der Waals surface area contributed by atoms with E-state index in [1.165, 1.54) is 26.4 Å². The van der Waals surface area contributed by atoms with Crippen molar-refractivity contribution in [3.8, 4) is 23.8 Å². The molecule has 136 valence electrons. The number of carbonyl (C=O) groups excluding carboxylic acids is 3. The Morgan fingerprint density at radius 3 is 2.73 bits per heavy atom. The van der Waals surface area contributed by atoms with Crippen molar-refractivity contribution in [1.29, 1.82) is 0 Å². The van der Waals surface area contributed by atoms with Gasteiger partial charge in [-0.2, -0.15) is 0 Å². The molecule has 0 aliphatic carbocycles. The zero-order chi connectivity index (χ0) is 19.3. The minimum atomic E-state index is -0.575. The number of hydrogen-bond acceptors (Lipinski definition) is 7. The molecule has 1 fully saturated rings. The van der Waals surface area contributed by atoms with Gasteiger partial charge in [-0.05, 0) is 35.5 Å². The van der Waals surface area contributed by atoms with Gasteiger partial charge in [0.25, 0.3) is 11.1 Å². The maximum atomic E-state index is 12.2. The van der Waals surface area contributed by atoms with Gasteiger partial charge in [0.15, 0.2) is 18.1 Å². The zero-order valence-corrected chi connectivity index (χ0v) is 15.5. The maximum absolute atomic E-state index is 12.2. The van der Waals surface area contributed by atoms with Gasteiger partial charge in [0, 0.05) is 0 Å². The summed E-state index contributed by atoms with van der Waals surface area (Å²) < 4.78 is 15.0. The Hall–Kier alpha value is -2.63. The van der Waals surface area contributed by atoms with Gasteiger partial charge in [0.1, 0.15) is 0 Å². The van der Waals surface area contributed by atoms with E-state index in [-0.39, 0.29) is 34.6 Å². The van der Waals surface area contributed by atoms with Gasteiger partial charge in [0.2, 0.25) is 0 Å². The number of ether oxygens (including phenoxy) is 3. The van der Waals surface area contributed by atoms with Crippen molar-refractivity contribution < 1.29 is 28.6 Å². The minimum Gasteiger partial charge on any atom is -0.493 e. The van der Waals surface area contributed by atoms with Crippen LogP contribution in [0.15, 0.2) is 17.0 Å². The Labute approximate surface area is 159 Å². The van der Waals surface area contributed by atoms with E-state index in [4.69, 9.17) is 27.5 Å². The molecular formula is C17H14ClNO6S. The number of halogens is 1. The molecule has 0 radical (unpaired) electrons. The van der Waals surface area contributed by atoms with Gasteiger partial charge in [0.05, 0.1) is 30.7 Å². The van der Waals surface area contributed by atoms with Crippen LogP contribution < -0.4 is 9.47 Å². The number of methoxy groups -OCH3 is 2. The van der Waals surface area contributed by atoms with Crippen molar-refractivity contribution in [1.82, 2.24) is 4.90 Å². The topological polar surface area (TPSA) is 82.1 Å². The normalized spacial score (nSPS) is 15.2. The van der Waals surface area contributed by atoms with Crippen LogP contribution in [-0.2, 0) is 14.3 Å². The molecule has 0 saturated carbocycles. The van der Waals surface area contributed by atoms with E-state index >= 15 is 0 Å². The number of rotatable bonds is 6. The summed E-state index contributed by atoms with van der Waals surface area (Å²) in [6.07, 6.45) is 6.66. The lowest BCUT2D eigenvalue weighted by Gasteiger charge is -2.12. The standard InChI is InChI=1S/C17H14ClNO6S/c1-4-5-19-16(21)13(26-17(19)22)8-10-6-11(18)15(12(7-10)23-2)25-9-14(20)24-3/h1,6-8H,5,9H2,2-3H3. The molecule has 0 atom stereocenters. The molecule has 9 heteroatoms. The van der Waals surface area contributed by atoms with Gasteiger partial charge >= 0.3 is 5.97 Å². The number of esters is 1. The van der Waals surface area contributed by atoms with E-state index in [0.717, 1.165) is 16.7 Å². The Bertz CT molecular complexity index is 829. The first-order chi connectivity index (χ1) is 12.4. The van der Waals surface area contributed by atoms with Crippen LogP contribution in [0.5, 0.6) is 11.5 Å². The van der Waals surface area contributed by atoms with Crippen molar-refractivity contribution >= 4 is 46.6 Å². The first-order valence-electron chi connectivity index (χ1n) is 7.17. The number of nitrogens with zero attached hydrogens (tertiary/aromatic N) is 1. The summed E-state index contributed by atoms with van der Waals surface area (Å²) in [7, 11) is 2.64. The molecule has 0 spiro atoms. The first kappa shape index (κ1) is 19.7. The van der Waals surface area contributed by atoms with Gasteiger partial charge in [-0.25, -0.2) is 4.79 Å².